The van der Waals surface area contributed by atoms with E-state index in [4.69, 9.17) is 14.2 Å². The molecule has 0 spiro atoms. The Balaban J connectivity index is 1.64. The van der Waals surface area contributed by atoms with Gasteiger partial charge in [0.05, 0.1) is 25.0 Å². The summed E-state index contributed by atoms with van der Waals surface area (Å²) in [6.07, 6.45) is 1.36. The first-order chi connectivity index (χ1) is 17.9. The van der Waals surface area contributed by atoms with Gasteiger partial charge >= 0.3 is 12.0 Å². The number of anilines is 1. The van der Waals surface area contributed by atoms with Gasteiger partial charge in [0.25, 0.3) is 11.8 Å². The van der Waals surface area contributed by atoms with Crippen LogP contribution in [0.5, 0.6) is 11.5 Å². The van der Waals surface area contributed by atoms with Crippen LogP contribution in [0.4, 0.5) is 10.5 Å². The van der Waals surface area contributed by atoms with Gasteiger partial charge in [-0.2, -0.15) is 0 Å². The number of ether oxygens (including phenoxy) is 3. The minimum atomic E-state index is -0.897. The lowest BCUT2D eigenvalue weighted by Crippen LogP contribution is -2.54. The molecule has 0 saturated carbocycles. The van der Waals surface area contributed by atoms with Gasteiger partial charge < -0.3 is 14.2 Å². The zero-order valence-corrected chi connectivity index (χ0v) is 20.2. The molecule has 1 aliphatic rings. The third-order valence-corrected chi connectivity index (χ3v) is 5.50. The zero-order chi connectivity index (χ0) is 26.4. The number of imide groups is 2. The second kappa shape index (κ2) is 11.2. The summed E-state index contributed by atoms with van der Waals surface area (Å²) < 4.78 is 16.2. The first kappa shape index (κ1) is 25.2. The van der Waals surface area contributed by atoms with E-state index in [0.29, 0.717) is 17.1 Å². The fraction of sp³-hybridized carbons (Fsp3) is 0.143. The Hall–Kier alpha value is -4.92. The van der Waals surface area contributed by atoms with Gasteiger partial charge in [0, 0.05) is 11.6 Å². The summed E-state index contributed by atoms with van der Waals surface area (Å²) in [4.78, 5) is 51.3. The summed E-state index contributed by atoms with van der Waals surface area (Å²) in [6.45, 7) is 2.16. The van der Waals surface area contributed by atoms with Crippen molar-refractivity contribution in [2.24, 2.45) is 0 Å². The summed E-state index contributed by atoms with van der Waals surface area (Å²) in [5, 5.41) is 2.19. The molecule has 4 amide bonds. The molecule has 1 fully saturated rings. The van der Waals surface area contributed by atoms with E-state index in [0.717, 1.165) is 10.5 Å². The molecular weight excluding hydrogens is 476 g/mol. The van der Waals surface area contributed by atoms with Crippen molar-refractivity contribution in [3.8, 4) is 11.5 Å². The molecule has 1 N–H and O–H groups in total. The maximum Gasteiger partial charge on any atom is 0.338 e. The molecule has 0 bridgehead atoms. The van der Waals surface area contributed by atoms with Crippen LogP contribution in [0.15, 0.2) is 78.4 Å². The number of urea groups is 1. The number of esters is 1. The van der Waals surface area contributed by atoms with Crippen LogP contribution in [0, 0.1) is 0 Å². The molecule has 37 heavy (non-hydrogen) atoms. The highest BCUT2D eigenvalue weighted by Gasteiger charge is 2.37. The molecule has 4 rings (SSSR count). The van der Waals surface area contributed by atoms with Crippen molar-refractivity contribution in [2.45, 2.75) is 13.5 Å². The quantitative estimate of drug-likeness (QED) is 0.281. The summed E-state index contributed by atoms with van der Waals surface area (Å²) in [7, 11) is 1.52. The van der Waals surface area contributed by atoms with Gasteiger partial charge in [-0.05, 0) is 55.0 Å². The molecule has 1 heterocycles. The molecule has 9 heteroatoms. The van der Waals surface area contributed by atoms with Gasteiger partial charge in [-0.25, -0.2) is 14.5 Å². The monoisotopic (exact) mass is 500 g/mol. The number of carbonyl (C=O) groups is 4. The third kappa shape index (κ3) is 5.67. The largest absolute Gasteiger partial charge is 0.497 e. The Bertz CT molecular complexity index is 1370. The average Bonchev–Trinajstić information content (AvgIpc) is 2.91. The summed E-state index contributed by atoms with van der Waals surface area (Å²) in [5.41, 5.74) is 1.56. The summed E-state index contributed by atoms with van der Waals surface area (Å²) >= 11 is 0. The maximum atomic E-state index is 13.3. The Morgan fingerprint density at radius 2 is 1.70 bits per heavy atom. The number of carbonyl (C=O) groups excluding carboxylic acids is 4. The molecule has 0 unspecified atom stereocenters. The normalized spacial score (nSPS) is 14.4. The highest BCUT2D eigenvalue weighted by molar-refractivity contribution is 6.39. The van der Waals surface area contributed by atoms with E-state index in [1.807, 2.05) is 30.3 Å². The standard InChI is InChI=1S/C28H24N2O7/c1-3-36-27(33)19-9-12-21(13-10-19)30-26(32)23(25(31)29-28(30)34)15-20-11-14-22(35-2)16-24(20)37-17-18-7-5-4-6-8-18/h4-16H,3,17H2,1-2H3,(H,29,31,34)/b23-15+. The Kier molecular flexibility index (Phi) is 7.63. The van der Waals surface area contributed by atoms with Crippen LogP contribution in [0.25, 0.3) is 6.08 Å². The second-order valence-corrected chi connectivity index (χ2v) is 7.90. The lowest BCUT2D eigenvalue weighted by atomic mass is 10.1. The molecule has 0 atom stereocenters. The minimum Gasteiger partial charge on any atom is -0.497 e. The van der Waals surface area contributed by atoms with Crippen molar-refractivity contribution < 1.29 is 33.4 Å². The fourth-order valence-electron chi connectivity index (χ4n) is 3.63. The van der Waals surface area contributed by atoms with E-state index in [2.05, 4.69) is 5.32 Å². The van der Waals surface area contributed by atoms with Crippen LogP contribution in [0.1, 0.15) is 28.4 Å². The van der Waals surface area contributed by atoms with Crippen LogP contribution in [-0.2, 0) is 20.9 Å². The topological polar surface area (TPSA) is 111 Å². The second-order valence-electron chi connectivity index (χ2n) is 7.90. The van der Waals surface area contributed by atoms with Crippen LogP contribution < -0.4 is 19.7 Å². The first-order valence-corrected chi connectivity index (χ1v) is 11.4. The van der Waals surface area contributed by atoms with Crippen molar-refractivity contribution in [1.29, 1.82) is 0 Å². The summed E-state index contributed by atoms with van der Waals surface area (Å²) in [5.74, 6) is -1.26. The molecule has 9 nitrogen and oxygen atoms in total. The number of amides is 4. The molecular formula is C28H24N2O7. The van der Waals surface area contributed by atoms with Crippen LogP contribution in [-0.4, -0.2) is 37.5 Å². The first-order valence-electron chi connectivity index (χ1n) is 11.4. The number of barbiturate groups is 1. The van der Waals surface area contributed by atoms with Crippen molar-refractivity contribution >= 4 is 35.6 Å². The Labute approximate surface area is 213 Å². The Morgan fingerprint density at radius 1 is 0.973 bits per heavy atom. The fourth-order valence-corrected chi connectivity index (χ4v) is 3.63. The van der Waals surface area contributed by atoms with Crippen LogP contribution >= 0.6 is 0 Å². The lowest BCUT2D eigenvalue weighted by molar-refractivity contribution is -0.122. The molecule has 1 saturated heterocycles. The van der Waals surface area contributed by atoms with Gasteiger partial charge in [-0.1, -0.05) is 30.3 Å². The van der Waals surface area contributed by atoms with Crippen molar-refractivity contribution in [2.75, 3.05) is 18.6 Å². The number of rotatable bonds is 8. The van der Waals surface area contributed by atoms with Crippen LogP contribution in [0.2, 0.25) is 0 Å². The number of nitrogens with zero attached hydrogens (tertiary/aromatic N) is 1. The van der Waals surface area contributed by atoms with E-state index >= 15 is 0 Å². The predicted octanol–water partition coefficient (Wildman–Crippen LogP) is 4.12. The highest BCUT2D eigenvalue weighted by Crippen LogP contribution is 2.29. The number of hydrogen-bond acceptors (Lipinski definition) is 7. The van der Waals surface area contributed by atoms with Crippen LogP contribution in [0.3, 0.4) is 0 Å². The Morgan fingerprint density at radius 3 is 2.38 bits per heavy atom. The lowest BCUT2D eigenvalue weighted by Gasteiger charge is -2.26. The molecule has 3 aromatic rings. The predicted molar refractivity (Wildman–Crippen MR) is 135 cm³/mol. The van der Waals surface area contributed by atoms with E-state index in [1.165, 1.54) is 37.5 Å². The van der Waals surface area contributed by atoms with E-state index in [-0.39, 0.29) is 30.0 Å². The number of methoxy groups -OCH3 is 1. The van der Waals surface area contributed by atoms with Crippen molar-refractivity contribution in [3.63, 3.8) is 0 Å². The minimum absolute atomic E-state index is 0.184. The molecule has 0 radical (unpaired) electrons. The van der Waals surface area contributed by atoms with Crippen molar-refractivity contribution in [1.82, 2.24) is 5.32 Å². The third-order valence-electron chi connectivity index (χ3n) is 5.50. The average molecular weight is 501 g/mol. The number of benzene rings is 3. The SMILES string of the molecule is CCOC(=O)c1ccc(N2C(=O)NC(=O)/C(=C\c3ccc(OC)cc3OCc3ccccc3)C2=O)cc1. The molecule has 0 aromatic heterocycles. The van der Waals surface area contributed by atoms with Gasteiger partial charge in [0.1, 0.15) is 23.7 Å². The van der Waals surface area contributed by atoms with Gasteiger partial charge in [0.15, 0.2) is 0 Å². The van der Waals surface area contributed by atoms with Crippen molar-refractivity contribution in [3.05, 3.63) is 95.1 Å². The maximum absolute atomic E-state index is 13.3. The highest BCUT2D eigenvalue weighted by atomic mass is 16.5. The van der Waals surface area contributed by atoms with Gasteiger partial charge in [0.2, 0.25) is 0 Å². The van der Waals surface area contributed by atoms with Gasteiger partial charge in [-0.3, -0.25) is 14.9 Å². The van der Waals surface area contributed by atoms with E-state index in [1.54, 1.807) is 25.1 Å². The zero-order valence-electron chi connectivity index (χ0n) is 20.2. The molecule has 3 aromatic carbocycles. The molecule has 0 aliphatic carbocycles. The van der Waals surface area contributed by atoms with E-state index < -0.39 is 23.8 Å². The van der Waals surface area contributed by atoms with E-state index in [9.17, 15) is 19.2 Å². The number of hydrogen-bond donors (Lipinski definition) is 1. The summed E-state index contributed by atoms with van der Waals surface area (Å²) in [6, 6.07) is 19.3. The number of nitrogens with one attached hydrogen (secondary N) is 1. The molecule has 188 valence electrons. The molecule has 1 aliphatic heterocycles. The smallest absolute Gasteiger partial charge is 0.338 e. The van der Waals surface area contributed by atoms with Gasteiger partial charge in [-0.15, -0.1) is 0 Å².